The Bertz CT molecular complexity index is 1510. The lowest BCUT2D eigenvalue weighted by molar-refractivity contribution is -0.147. The molecule has 3 aromatic rings. The number of anilines is 3. The highest BCUT2D eigenvalue weighted by molar-refractivity contribution is 6.01. The van der Waals surface area contributed by atoms with Gasteiger partial charge in [0.15, 0.2) is 0 Å². The van der Waals surface area contributed by atoms with Gasteiger partial charge >= 0.3 is 18.0 Å². The first kappa shape index (κ1) is 34.1. The molecule has 3 aromatic carbocycles. The van der Waals surface area contributed by atoms with Crippen LogP contribution in [0, 0.1) is 6.92 Å². The first-order valence-electron chi connectivity index (χ1n) is 13.8. The zero-order chi connectivity index (χ0) is 32.8. The molecule has 0 aromatic heterocycles. The third kappa shape index (κ3) is 11.0. The van der Waals surface area contributed by atoms with E-state index in [0.717, 1.165) is 5.56 Å². The van der Waals surface area contributed by atoms with Gasteiger partial charge in [-0.15, -0.1) is 0 Å². The molecule has 1 atom stereocenters. The Morgan fingerprint density at radius 3 is 2.09 bits per heavy atom. The highest BCUT2D eigenvalue weighted by Crippen LogP contribution is 2.27. The van der Waals surface area contributed by atoms with Gasteiger partial charge in [0.25, 0.3) is 0 Å². The maximum absolute atomic E-state index is 12.8. The third-order valence-corrected chi connectivity index (χ3v) is 6.48. The van der Waals surface area contributed by atoms with E-state index in [2.05, 4.69) is 26.0 Å². The fourth-order valence-corrected chi connectivity index (χ4v) is 4.15. The van der Waals surface area contributed by atoms with E-state index in [1.807, 2.05) is 25.1 Å². The lowest BCUT2D eigenvalue weighted by Crippen LogP contribution is -2.33. The molecule has 0 unspecified atom stereocenters. The van der Waals surface area contributed by atoms with Crippen LogP contribution < -0.4 is 26.0 Å². The van der Waals surface area contributed by atoms with Crippen molar-refractivity contribution in [3.63, 3.8) is 0 Å². The highest BCUT2D eigenvalue weighted by Gasteiger charge is 2.20. The second kappa shape index (κ2) is 17.0. The number of hydrogen-bond donors (Lipinski definition) is 4. The number of para-hydroxylation sites is 1. The second-order valence-electron chi connectivity index (χ2n) is 9.74. The van der Waals surface area contributed by atoms with Crippen molar-refractivity contribution < 1.29 is 42.9 Å². The number of carbonyl (C=O) groups excluding carboxylic acids is 5. The molecule has 0 radical (unpaired) electrons. The van der Waals surface area contributed by atoms with Gasteiger partial charge < -0.3 is 40.2 Å². The average molecular weight is 621 g/mol. The normalized spacial score (nSPS) is 11.0. The summed E-state index contributed by atoms with van der Waals surface area (Å²) in [5.41, 5.74) is 3.77. The van der Waals surface area contributed by atoms with Crippen LogP contribution in [0.2, 0.25) is 0 Å². The smallest absolute Gasteiger partial charge is 0.331 e. The summed E-state index contributed by atoms with van der Waals surface area (Å²) in [6, 6.07) is 17.8. The molecule has 0 bridgehead atoms. The van der Waals surface area contributed by atoms with Gasteiger partial charge in [-0.1, -0.05) is 36.4 Å². The molecule has 0 fully saturated rings. The number of benzene rings is 3. The highest BCUT2D eigenvalue weighted by atomic mass is 16.6. The standard InChI is InChI=1S/C32H36N4O9/c1-20-7-5-6-8-24(20)35-32(41)36-25-14-9-21(15-27(25)42-2)16-28(37)33-23-12-10-22(11-13-23)26(17-30(39)43-3)34-29(38)18-45-19-31(40)44-4/h5-15,26H,16-19H2,1-4H3,(H,33,37)(H,34,38)(H2,35,36,41)/t26-/m1/s1. The lowest BCUT2D eigenvalue weighted by atomic mass is 10.0. The minimum Gasteiger partial charge on any atom is -0.495 e. The summed E-state index contributed by atoms with van der Waals surface area (Å²) < 4.78 is 19.6. The number of hydrogen-bond acceptors (Lipinski definition) is 9. The molecule has 0 aliphatic rings. The van der Waals surface area contributed by atoms with E-state index in [1.165, 1.54) is 21.3 Å². The van der Waals surface area contributed by atoms with Crippen molar-refractivity contribution in [1.82, 2.24) is 5.32 Å². The van der Waals surface area contributed by atoms with E-state index < -0.39 is 36.5 Å². The molecule has 4 N–H and O–H groups in total. The Hall–Kier alpha value is -5.43. The zero-order valence-corrected chi connectivity index (χ0v) is 25.4. The number of esters is 2. The number of urea groups is 1. The summed E-state index contributed by atoms with van der Waals surface area (Å²) in [6.45, 7) is 1.09. The van der Waals surface area contributed by atoms with Gasteiger partial charge in [0.1, 0.15) is 19.0 Å². The molecule has 3 rings (SSSR count). The van der Waals surface area contributed by atoms with Crippen LogP contribution in [0.15, 0.2) is 66.7 Å². The lowest BCUT2D eigenvalue weighted by Gasteiger charge is -2.19. The van der Waals surface area contributed by atoms with Gasteiger partial charge in [0.05, 0.1) is 45.9 Å². The number of amides is 4. The molecule has 4 amide bonds. The van der Waals surface area contributed by atoms with Gasteiger partial charge in [0.2, 0.25) is 11.8 Å². The van der Waals surface area contributed by atoms with Crippen molar-refractivity contribution in [2.75, 3.05) is 50.5 Å². The molecule has 0 heterocycles. The second-order valence-corrected chi connectivity index (χ2v) is 9.74. The topological polar surface area (TPSA) is 170 Å². The summed E-state index contributed by atoms with van der Waals surface area (Å²) in [4.78, 5) is 60.8. The maximum atomic E-state index is 12.8. The fourth-order valence-electron chi connectivity index (χ4n) is 4.15. The number of rotatable bonds is 14. The summed E-state index contributed by atoms with van der Waals surface area (Å²) in [5, 5.41) is 11.0. The van der Waals surface area contributed by atoms with Gasteiger partial charge in [0, 0.05) is 11.4 Å². The van der Waals surface area contributed by atoms with Crippen molar-refractivity contribution in [3.05, 3.63) is 83.4 Å². The van der Waals surface area contributed by atoms with E-state index in [1.54, 1.807) is 48.5 Å². The molecular formula is C32H36N4O9. The third-order valence-electron chi connectivity index (χ3n) is 6.48. The van der Waals surface area contributed by atoms with Crippen LogP contribution in [0.4, 0.5) is 21.9 Å². The molecule has 238 valence electrons. The first-order valence-corrected chi connectivity index (χ1v) is 13.8. The van der Waals surface area contributed by atoms with Gasteiger partial charge in [-0.3, -0.25) is 14.4 Å². The number of aryl methyl sites for hydroxylation is 1. The fraction of sp³-hybridized carbons (Fsp3) is 0.281. The predicted octanol–water partition coefficient (Wildman–Crippen LogP) is 3.74. The first-order chi connectivity index (χ1) is 21.6. The SMILES string of the molecule is COC(=O)COCC(=O)N[C@H](CC(=O)OC)c1ccc(NC(=O)Cc2ccc(NC(=O)Nc3ccccc3C)c(OC)c2)cc1. The molecule has 13 nitrogen and oxygen atoms in total. The van der Waals surface area contributed by atoms with E-state index in [-0.39, 0.29) is 25.4 Å². The Labute approximate surface area is 260 Å². The molecule has 0 spiro atoms. The van der Waals surface area contributed by atoms with E-state index in [4.69, 9.17) is 14.2 Å². The van der Waals surface area contributed by atoms with Crippen LogP contribution in [0.25, 0.3) is 0 Å². The van der Waals surface area contributed by atoms with E-state index in [0.29, 0.717) is 33.9 Å². The minimum atomic E-state index is -0.741. The van der Waals surface area contributed by atoms with Crippen LogP contribution in [-0.4, -0.2) is 64.3 Å². The molecule has 0 saturated heterocycles. The molecule has 0 aliphatic carbocycles. The van der Waals surface area contributed by atoms with Crippen LogP contribution >= 0.6 is 0 Å². The van der Waals surface area contributed by atoms with Crippen molar-refractivity contribution in [3.8, 4) is 5.75 Å². The minimum absolute atomic E-state index is 0.0282. The van der Waals surface area contributed by atoms with Crippen molar-refractivity contribution in [1.29, 1.82) is 0 Å². The number of carbonyl (C=O) groups is 5. The molecule has 45 heavy (non-hydrogen) atoms. The average Bonchev–Trinajstić information content (AvgIpc) is 3.02. The number of methoxy groups -OCH3 is 3. The Kier molecular flexibility index (Phi) is 12.9. The number of nitrogens with one attached hydrogen (secondary N) is 4. The molecule has 0 aliphatic heterocycles. The van der Waals surface area contributed by atoms with Crippen LogP contribution in [0.3, 0.4) is 0 Å². The van der Waals surface area contributed by atoms with Crippen LogP contribution in [0.5, 0.6) is 5.75 Å². The summed E-state index contributed by atoms with van der Waals surface area (Å²) >= 11 is 0. The molecule has 13 heteroatoms. The van der Waals surface area contributed by atoms with Gasteiger partial charge in [-0.25, -0.2) is 9.59 Å². The van der Waals surface area contributed by atoms with Crippen molar-refractivity contribution in [2.24, 2.45) is 0 Å². The quantitative estimate of drug-likeness (QED) is 0.196. The van der Waals surface area contributed by atoms with E-state index >= 15 is 0 Å². The van der Waals surface area contributed by atoms with Crippen LogP contribution in [0.1, 0.15) is 29.2 Å². The number of ether oxygens (including phenoxy) is 4. The summed E-state index contributed by atoms with van der Waals surface area (Å²) in [6.07, 6.45) is -0.119. The van der Waals surface area contributed by atoms with Gasteiger partial charge in [-0.2, -0.15) is 0 Å². The largest absolute Gasteiger partial charge is 0.495 e. The molecule has 0 saturated carbocycles. The Morgan fingerprint density at radius 1 is 0.733 bits per heavy atom. The Morgan fingerprint density at radius 2 is 1.42 bits per heavy atom. The summed E-state index contributed by atoms with van der Waals surface area (Å²) in [5.74, 6) is -1.63. The predicted molar refractivity (Wildman–Crippen MR) is 166 cm³/mol. The molecular weight excluding hydrogens is 584 g/mol. The van der Waals surface area contributed by atoms with Crippen LogP contribution in [-0.2, 0) is 39.8 Å². The Balaban J connectivity index is 1.59. The zero-order valence-electron chi connectivity index (χ0n) is 25.4. The monoisotopic (exact) mass is 620 g/mol. The van der Waals surface area contributed by atoms with Crippen molar-refractivity contribution >= 4 is 46.8 Å². The summed E-state index contributed by atoms with van der Waals surface area (Å²) in [7, 11) is 3.91. The maximum Gasteiger partial charge on any atom is 0.331 e. The van der Waals surface area contributed by atoms with Gasteiger partial charge in [-0.05, 0) is 53.9 Å². The van der Waals surface area contributed by atoms with E-state index in [9.17, 15) is 24.0 Å². The van der Waals surface area contributed by atoms with Crippen molar-refractivity contribution in [2.45, 2.75) is 25.8 Å².